The van der Waals surface area contributed by atoms with Crippen LogP contribution in [0.2, 0.25) is 5.02 Å². The van der Waals surface area contributed by atoms with Crippen LogP contribution in [0.1, 0.15) is 36.6 Å². The maximum absolute atomic E-state index is 12.8. The second kappa shape index (κ2) is 9.77. The van der Waals surface area contributed by atoms with E-state index in [1.165, 1.54) is 32.4 Å². The Morgan fingerprint density at radius 3 is 1.94 bits per heavy atom. The minimum absolute atomic E-state index is 0.120. The first kappa shape index (κ1) is 21.9. The van der Waals surface area contributed by atoms with Crippen LogP contribution in [0.15, 0.2) is 66.7 Å². The van der Waals surface area contributed by atoms with Crippen LogP contribution in [0.4, 0.5) is 0 Å². The van der Waals surface area contributed by atoms with Gasteiger partial charge in [-0.2, -0.15) is 0 Å². The van der Waals surface area contributed by atoms with Crippen molar-refractivity contribution in [2.75, 3.05) is 14.2 Å². The van der Waals surface area contributed by atoms with Gasteiger partial charge in [-0.25, -0.2) is 0 Å². The number of nitrogens with one attached hydrogen (secondary N) is 2. The van der Waals surface area contributed by atoms with Crippen molar-refractivity contribution >= 4 is 29.2 Å². The molecule has 31 heavy (non-hydrogen) atoms. The third kappa shape index (κ3) is 5.02. The second-order valence-electron chi connectivity index (χ2n) is 6.36. The lowest BCUT2D eigenvalue weighted by molar-refractivity contribution is 0.0844. The number of methoxy groups -OCH3 is 2. The van der Waals surface area contributed by atoms with Crippen LogP contribution in [0.3, 0.4) is 0 Å². The van der Waals surface area contributed by atoms with Gasteiger partial charge in [0.1, 0.15) is 0 Å². The molecule has 3 aromatic carbocycles. The quantitative estimate of drug-likeness (QED) is 0.452. The van der Waals surface area contributed by atoms with Gasteiger partial charge in [0, 0.05) is 21.7 Å². The van der Waals surface area contributed by atoms with Crippen LogP contribution < -0.4 is 20.3 Å². The third-order valence-corrected chi connectivity index (χ3v) is 4.71. The number of hydrogen-bond acceptors (Lipinski definition) is 5. The summed E-state index contributed by atoms with van der Waals surface area (Å²) in [6.45, 7) is 0. The maximum atomic E-state index is 12.8. The number of ether oxygens (including phenoxy) is 2. The molecule has 7 nitrogen and oxygen atoms in total. The van der Waals surface area contributed by atoms with Crippen molar-refractivity contribution in [1.29, 1.82) is 0 Å². The fraction of sp³-hybridized carbons (Fsp3) is 0.0870. The van der Waals surface area contributed by atoms with E-state index in [-0.39, 0.29) is 22.5 Å². The SMILES string of the molecule is COc1ccc(C(=O)NNC(=O)c2ccccc2C(=O)c2ccc(Cl)cc2)cc1OC. The molecular formula is C23H19ClN2O5. The van der Waals surface area contributed by atoms with Crippen LogP contribution in [-0.2, 0) is 0 Å². The molecule has 3 rings (SSSR count). The molecule has 158 valence electrons. The lowest BCUT2D eigenvalue weighted by Gasteiger charge is -2.12. The zero-order valence-electron chi connectivity index (χ0n) is 16.8. The minimum Gasteiger partial charge on any atom is -0.493 e. The molecule has 0 saturated carbocycles. The van der Waals surface area contributed by atoms with Gasteiger partial charge in [-0.05, 0) is 48.5 Å². The van der Waals surface area contributed by atoms with Crippen molar-refractivity contribution in [2.24, 2.45) is 0 Å². The number of ketones is 1. The Hall–Kier alpha value is -3.84. The zero-order chi connectivity index (χ0) is 22.4. The molecule has 0 bridgehead atoms. The summed E-state index contributed by atoms with van der Waals surface area (Å²) in [7, 11) is 2.94. The van der Waals surface area contributed by atoms with E-state index in [1.54, 1.807) is 48.5 Å². The summed E-state index contributed by atoms with van der Waals surface area (Å²) in [6.07, 6.45) is 0. The predicted molar refractivity (Wildman–Crippen MR) is 116 cm³/mol. The highest BCUT2D eigenvalue weighted by molar-refractivity contribution is 6.30. The monoisotopic (exact) mass is 438 g/mol. The molecule has 8 heteroatoms. The highest BCUT2D eigenvalue weighted by Crippen LogP contribution is 2.27. The van der Waals surface area contributed by atoms with Gasteiger partial charge in [-0.15, -0.1) is 0 Å². The summed E-state index contributed by atoms with van der Waals surface area (Å²) in [5.41, 5.74) is 5.63. The van der Waals surface area contributed by atoms with E-state index >= 15 is 0 Å². The molecule has 0 aliphatic heterocycles. The van der Waals surface area contributed by atoms with E-state index in [4.69, 9.17) is 21.1 Å². The van der Waals surface area contributed by atoms with Crippen LogP contribution >= 0.6 is 11.6 Å². The van der Waals surface area contributed by atoms with Gasteiger partial charge in [0.2, 0.25) is 0 Å². The molecule has 2 N–H and O–H groups in total. The van der Waals surface area contributed by atoms with E-state index in [2.05, 4.69) is 10.9 Å². The largest absolute Gasteiger partial charge is 0.493 e. The molecule has 0 atom stereocenters. The standard InChI is InChI=1S/C23H19ClN2O5/c1-30-19-12-9-15(13-20(19)31-2)22(28)25-26-23(29)18-6-4-3-5-17(18)21(27)14-7-10-16(24)11-8-14/h3-13H,1-2H3,(H,25,28)(H,26,29). The van der Waals surface area contributed by atoms with Gasteiger partial charge >= 0.3 is 0 Å². The van der Waals surface area contributed by atoms with E-state index < -0.39 is 11.8 Å². The Morgan fingerprint density at radius 1 is 0.710 bits per heavy atom. The second-order valence-corrected chi connectivity index (χ2v) is 6.80. The van der Waals surface area contributed by atoms with Crippen LogP contribution in [-0.4, -0.2) is 31.8 Å². The molecule has 0 spiro atoms. The van der Waals surface area contributed by atoms with Crippen molar-refractivity contribution in [3.05, 3.63) is 94.0 Å². The number of carbonyl (C=O) groups is 3. The first-order chi connectivity index (χ1) is 14.9. The van der Waals surface area contributed by atoms with Gasteiger partial charge in [0.15, 0.2) is 17.3 Å². The van der Waals surface area contributed by atoms with Crippen LogP contribution in [0, 0.1) is 0 Å². The Bertz CT molecular complexity index is 1130. The summed E-state index contributed by atoms with van der Waals surface area (Å²) in [5.74, 6) is -0.686. The summed E-state index contributed by atoms with van der Waals surface area (Å²) in [6, 6.07) is 17.3. The van der Waals surface area contributed by atoms with Gasteiger partial charge in [0.25, 0.3) is 11.8 Å². The third-order valence-electron chi connectivity index (χ3n) is 4.46. The molecule has 0 saturated heterocycles. The number of rotatable bonds is 6. The van der Waals surface area contributed by atoms with E-state index in [0.29, 0.717) is 22.1 Å². The fourth-order valence-electron chi connectivity index (χ4n) is 2.87. The molecule has 0 fully saturated rings. The van der Waals surface area contributed by atoms with E-state index in [1.807, 2.05) is 0 Å². The number of amides is 2. The molecular weight excluding hydrogens is 420 g/mol. The lowest BCUT2D eigenvalue weighted by Crippen LogP contribution is -2.42. The molecule has 0 aliphatic carbocycles. The molecule has 0 aromatic heterocycles. The minimum atomic E-state index is -0.633. The highest BCUT2D eigenvalue weighted by atomic mass is 35.5. The zero-order valence-corrected chi connectivity index (χ0v) is 17.5. The van der Waals surface area contributed by atoms with Gasteiger partial charge in [0.05, 0.1) is 19.8 Å². The maximum Gasteiger partial charge on any atom is 0.270 e. The summed E-state index contributed by atoms with van der Waals surface area (Å²) in [5, 5.41) is 0.500. The molecule has 2 amide bonds. The number of hydrazine groups is 1. The summed E-state index contributed by atoms with van der Waals surface area (Å²) >= 11 is 5.87. The van der Waals surface area contributed by atoms with Crippen molar-refractivity contribution in [1.82, 2.24) is 10.9 Å². The Morgan fingerprint density at radius 2 is 1.29 bits per heavy atom. The average molecular weight is 439 g/mol. The van der Waals surface area contributed by atoms with Crippen molar-refractivity contribution in [3.8, 4) is 11.5 Å². The molecule has 3 aromatic rings. The number of benzene rings is 3. The van der Waals surface area contributed by atoms with Gasteiger partial charge < -0.3 is 9.47 Å². The summed E-state index contributed by atoms with van der Waals surface area (Å²) < 4.78 is 10.3. The number of hydrogen-bond donors (Lipinski definition) is 2. The Labute approximate surface area is 183 Å². The predicted octanol–water partition coefficient (Wildman–Crippen LogP) is 3.66. The van der Waals surface area contributed by atoms with Gasteiger partial charge in [-0.1, -0.05) is 29.8 Å². The first-order valence-corrected chi connectivity index (χ1v) is 9.54. The smallest absolute Gasteiger partial charge is 0.270 e. The Balaban J connectivity index is 1.75. The average Bonchev–Trinajstić information content (AvgIpc) is 2.81. The number of halogens is 1. The van der Waals surface area contributed by atoms with E-state index in [0.717, 1.165) is 0 Å². The first-order valence-electron chi connectivity index (χ1n) is 9.16. The van der Waals surface area contributed by atoms with Crippen LogP contribution in [0.5, 0.6) is 11.5 Å². The Kier molecular flexibility index (Phi) is 6.89. The molecule has 0 aliphatic rings. The fourth-order valence-corrected chi connectivity index (χ4v) is 2.99. The number of carbonyl (C=O) groups excluding carboxylic acids is 3. The lowest BCUT2D eigenvalue weighted by atomic mass is 9.98. The van der Waals surface area contributed by atoms with Gasteiger partial charge in [-0.3, -0.25) is 25.2 Å². The highest BCUT2D eigenvalue weighted by Gasteiger charge is 2.19. The van der Waals surface area contributed by atoms with Crippen molar-refractivity contribution < 1.29 is 23.9 Å². The molecule has 0 radical (unpaired) electrons. The topological polar surface area (TPSA) is 93.7 Å². The van der Waals surface area contributed by atoms with Crippen molar-refractivity contribution in [2.45, 2.75) is 0 Å². The van der Waals surface area contributed by atoms with E-state index in [9.17, 15) is 14.4 Å². The normalized spacial score (nSPS) is 10.2. The molecule has 0 unspecified atom stereocenters. The van der Waals surface area contributed by atoms with Crippen LogP contribution in [0.25, 0.3) is 0 Å². The van der Waals surface area contributed by atoms with Crippen molar-refractivity contribution in [3.63, 3.8) is 0 Å². The summed E-state index contributed by atoms with van der Waals surface area (Å²) in [4.78, 5) is 37.9. The molecule has 0 heterocycles.